The third kappa shape index (κ3) is 6.17. The average Bonchev–Trinajstić information content (AvgIpc) is 1.85. The summed E-state index contributed by atoms with van der Waals surface area (Å²) in [6.07, 6.45) is 6.16. The van der Waals surface area contributed by atoms with Crippen LogP contribution < -0.4 is 0 Å². The van der Waals surface area contributed by atoms with E-state index in [1.54, 1.807) is 0 Å². The van der Waals surface area contributed by atoms with Crippen LogP contribution in [0.25, 0.3) is 0 Å². The normalized spacial score (nSPS) is 13.7. The summed E-state index contributed by atoms with van der Waals surface area (Å²) in [6, 6.07) is 0. The lowest BCUT2D eigenvalue weighted by Gasteiger charge is -2.04. The maximum absolute atomic E-state index is 5.96. The fraction of sp³-hybridized carbons (Fsp3) is 1.00. The molecule has 0 heterocycles. The van der Waals surface area contributed by atoms with E-state index in [0.29, 0.717) is 5.38 Å². The SMILES string of the molecule is CCCC[C@H](Cl)CCC. The molecule has 0 spiro atoms. The standard InChI is InChI=1S/C8H17Cl/c1-3-5-7-8(9)6-4-2/h8H,3-7H2,1-2H3/t8-/m1/s1. The highest BCUT2D eigenvalue weighted by Gasteiger charge is 1.99. The van der Waals surface area contributed by atoms with Gasteiger partial charge in [-0.15, -0.1) is 11.6 Å². The van der Waals surface area contributed by atoms with Gasteiger partial charge in [-0.2, -0.15) is 0 Å². The first-order valence-electron chi connectivity index (χ1n) is 3.95. The van der Waals surface area contributed by atoms with Gasteiger partial charge in [0.15, 0.2) is 0 Å². The Balaban J connectivity index is 2.95. The Kier molecular flexibility index (Phi) is 6.62. The van der Waals surface area contributed by atoms with E-state index < -0.39 is 0 Å². The summed E-state index contributed by atoms with van der Waals surface area (Å²) in [5, 5.41) is 0.440. The van der Waals surface area contributed by atoms with E-state index in [9.17, 15) is 0 Å². The van der Waals surface area contributed by atoms with Gasteiger partial charge in [0, 0.05) is 5.38 Å². The van der Waals surface area contributed by atoms with E-state index >= 15 is 0 Å². The first kappa shape index (κ1) is 9.29. The van der Waals surface area contributed by atoms with Gasteiger partial charge in [-0.3, -0.25) is 0 Å². The summed E-state index contributed by atoms with van der Waals surface area (Å²) < 4.78 is 0. The van der Waals surface area contributed by atoms with Crippen molar-refractivity contribution < 1.29 is 0 Å². The fourth-order valence-corrected chi connectivity index (χ4v) is 1.26. The summed E-state index contributed by atoms with van der Waals surface area (Å²) in [7, 11) is 0. The van der Waals surface area contributed by atoms with Crippen molar-refractivity contribution in [3.8, 4) is 0 Å². The molecule has 0 amide bonds. The maximum Gasteiger partial charge on any atom is 0.0336 e. The minimum absolute atomic E-state index is 0.440. The van der Waals surface area contributed by atoms with E-state index in [2.05, 4.69) is 13.8 Å². The van der Waals surface area contributed by atoms with Gasteiger partial charge in [0.25, 0.3) is 0 Å². The topological polar surface area (TPSA) is 0 Å². The Bertz CT molecular complexity index is 52.5. The van der Waals surface area contributed by atoms with Crippen molar-refractivity contribution in [3.63, 3.8) is 0 Å². The summed E-state index contributed by atoms with van der Waals surface area (Å²) in [5.41, 5.74) is 0. The van der Waals surface area contributed by atoms with Gasteiger partial charge in [-0.25, -0.2) is 0 Å². The highest BCUT2D eigenvalue weighted by atomic mass is 35.5. The molecule has 1 atom stereocenters. The lowest BCUT2D eigenvalue weighted by Crippen LogP contribution is -1.96. The smallest absolute Gasteiger partial charge is 0.0336 e. The minimum atomic E-state index is 0.440. The van der Waals surface area contributed by atoms with Crippen LogP contribution >= 0.6 is 11.6 Å². The van der Waals surface area contributed by atoms with Crippen molar-refractivity contribution in [2.45, 2.75) is 51.3 Å². The van der Waals surface area contributed by atoms with Crippen LogP contribution in [0.5, 0.6) is 0 Å². The van der Waals surface area contributed by atoms with E-state index in [0.717, 1.165) is 0 Å². The van der Waals surface area contributed by atoms with Crippen LogP contribution in [0.4, 0.5) is 0 Å². The van der Waals surface area contributed by atoms with Crippen LogP contribution in [-0.4, -0.2) is 5.38 Å². The van der Waals surface area contributed by atoms with Crippen molar-refractivity contribution in [2.24, 2.45) is 0 Å². The Morgan fingerprint density at radius 3 is 2.22 bits per heavy atom. The quantitative estimate of drug-likeness (QED) is 0.523. The molecule has 0 aliphatic rings. The molecule has 0 aromatic carbocycles. The summed E-state index contributed by atoms with van der Waals surface area (Å²) in [5.74, 6) is 0. The highest BCUT2D eigenvalue weighted by Crippen LogP contribution is 2.12. The molecule has 0 unspecified atom stereocenters. The van der Waals surface area contributed by atoms with Gasteiger partial charge < -0.3 is 0 Å². The highest BCUT2D eigenvalue weighted by molar-refractivity contribution is 6.20. The molecule has 0 aliphatic carbocycles. The number of hydrogen-bond acceptors (Lipinski definition) is 0. The van der Waals surface area contributed by atoms with Crippen LogP contribution in [0, 0.1) is 0 Å². The molecule has 0 saturated carbocycles. The molecule has 0 N–H and O–H groups in total. The number of halogens is 1. The molecule has 0 fully saturated rings. The third-order valence-electron chi connectivity index (χ3n) is 1.47. The van der Waals surface area contributed by atoms with E-state index in [-0.39, 0.29) is 0 Å². The summed E-state index contributed by atoms with van der Waals surface area (Å²) in [6.45, 7) is 4.39. The Morgan fingerprint density at radius 2 is 1.78 bits per heavy atom. The zero-order chi connectivity index (χ0) is 7.11. The Hall–Kier alpha value is 0.290. The predicted octanol–water partition coefficient (Wildman–Crippen LogP) is 3.58. The molecule has 56 valence electrons. The monoisotopic (exact) mass is 148 g/mol. The van der Waals surface area contributed by atoms with Gasteiger partial charge >= 0.3 is 0 Å². The molecular formula is C8H17Cl. The fourth-order valence-electron chi connectivity index (χ4n) is 0.883. The molecule has 0 nitrogen and oxygen atoms in total. The van der Waals surface area contributed by atoms with E-state index in [1.165, 1.54) is 32.1 Å². The average molecular weight is 149 g/mol. The molecule has 1 heteroatoms. The molecule has 0 radical (unpaired) electrons. The second-order valence-electron chi connectivity index (χ2n) is 2.53. The minimum Gasteiger partial charge on any atom is -0.123 e. The molecular weight excluding hydrogens is 132 g/mol. The predicted molar refractivity (Wildman–Crippen MR) is 44.1 cm³/mol. The molecule has 0 rings (SSSR count). The molecule has 9 heavy (non-hydrogen) atoms. The van der Waals surface area contributed by atoms with Crippen LogP contribution in [0.2, 0.25) is 0 Å². The third-order valence-corrected chi connectivity index (χ3v) is 1.91. The molecule has 0 bridgehead atoms. The molecule has 0 saturated heterocycles. The van der Waals surface area contributed by atoms with Gasteiger partial charge in [-0.1, -0.05) is 33.1 Å². The van der Waals surface area contributed by atoms with Crippen LogP contribution in [0.15, 0.2) is 0 Å². The van der Waals surface area contributed by atoms with Crippen molar-refractivity contribution >= 4 is 11.6 Å². The maximum atomic E-state index is 5.96. The molecule has 0 aromatic rings. The van der Waals surface area contributed by atoms with Gasteiger partial charge in [-0.05, 0) is 12.8 Å². The largest absolute Gasteiger partial charge is 0.123 e. The van der Waals surface area contributed by atoms with Crippen LogP contribution in [0.1, 0.15) is 46.0 Å². The Morgan fingerprint density at radius 1 is 1.11 bits per heavy atom. The van der Waals surface area contributed by atoms with Crippen LogP contribution in [-0.2, 0) is 0 Å². The lowest BCUT2D eigenvalue weighted by atomic mass is 10.1. The number of unbranched alkanes of at least 4 members (excludes halogenated alkanes) is 1. The number of rotatable bonds is 5. The first-order chi connectivity index (χ1) is 4.31. The number of alkyl halides is 1. The van der Waals surface area contributed by atoms with E-state index in [1.807, 2.05) is 0 Å². The lowest BCUT2D eigenvalue weighted by molar-refractivity contribution is 0.632. The second-order valence-corrected chi connectivity index (χ2v) is 3.15. The van der Waals surface area contributed by atoms with E-state index in [4.69, 9.17) is 11.6 Å². The number of hydrogen-bond donors (Lipinski definition) is 0. The first-order valence-corrected chi connectivity index (χ1v) is 4.39. The zero-order valence-electron chi connectivity index (χ0n) is 6.49. The zero-order valence-corrected chi connectivity index (χ0v) is 7.25. The van der Waals surface area contributed by atoms with Gasteiger partial charge in [0.05, 0.1) is 0 Å². The van der Waals surface area contributed by atoms with Crippen molar-refractivity contribution in [1.29, 1.82) is 0 Å². The summed E-state index contributed by atoms with van der Waals surface area (Å²) >= 11 is 5.96. The van der Waals surface area contributed by atoms with Crippen molar-refractivity contribution in [2.75, 3.05) is 0 Å². The van der Waals surface area contributed by atoms with Crippen molar-refractivity contribution in [1.82, 2.24) is 0 Å². The molecule has 0 aliphatic heterocycles. The van der Waals surface area contributed by atoms with Gasteiger partial charge in [0.2, 0.25) is 0 Å². The van der Waals surface area contributed by atoms with Gasteiger partial charge in [0.1, 0.15) is 0 Å². The summed E-state index contributed by atoms with van der Waals surface area (Å²) in [4.78, 5) is 0. The second kappa shape index (κ2) is 6.41. The molecule has 0 aromatic heterocycles. The van der Waals surface area contributed by atoms with Crippen LogP contribution in [0.3, 0.4) is 0 Å². The van der Waals surface area contributed by atoms with Crippen molar-refractivity contribution in [3.05, 3.63) is 0 Å². The Labute approximate surface area is 63.6 Å².